The van der Waals surface area contributed by atoms with Crippen molar-refractivity contribution < 1.29 is 9.53 Å². The fourth-order valence-corrected chi connectivity index (χ4v) is 2.79. The van der Waals surface area contributed by atoms with Crippen molar-refractivity contribution in [2.24, 2.45) is 0 Å². The summed E-state index contributed by atoms with van der Waals surface area (Å²) in [5, 5.41) is 3.31. The Kier molecular flexibility index (Phi) is 3.40. The van der Waals surface area contributed by atoms with Gasteiger partial charge in [-0.25, -0.2) is 0 Å². The van der Waals surface area contributed by atoms with Crippen molar-refractivity contribution in [3.05, 3.63) is 35.4 Å². The van der Waals surface area contributed by atoms with E-state index in [1.54, 1.807) is 0 Å². The molecule has 2 heterocycles. The van der Waals surface area contributed by atoms with Gasteiger partial charge in [-0.15, -0.1) is 12.4 Å². The molecule has 3 rings (SSSR count). The fourth-order valence-electron chi connectivity index (χ4n) is 2.79. The highest BCUT2D eigenvalue weighted by atomic mass is 35.5. The van der Waals surface area contributed by atoms with Crippen molar-refractivity contribution in [3.8, 4) is 0 Å². The predicted molar refractivity (Wildman–Crippen MR) is 67.3 cm³/mol. The van der Waals surface area contributed by atoms with Crippen LogP contribution in [0.3, 0.4) is 0 Å². The summed E-state index contributed by atoms with van der Waals surface area (Å²) in [5.74, 6) is -0.0828. The SMILES string of the molecule is Cl.O=C1Cc2ccccc2C2(CCNCC2)O1. The third kappa shape index (κ3) is 2.05. The number of ether oxygens (including phenoxy) is 1. The molecule has 1 N–H and O–H groups in total. The molecule has 0 aromatic heterocycles. The Labute approximate surface area is 107 Å². The standard InChI is InChI=1S/C13H15NO2.ClH/c15-12-9-10-3-1-2-4-11(10)13(16-12)5-7-14-8-6-13;/h1-4,14H,5-9H2;1H. The lowest BCUT2D eigenvalue weighted by Crippen LogP contribution is -2.46. The Balaban J connectivity index is 0.00000108. The third-order valence-electron chi connectivity index (χ3n) is 3.56. The van der Waals surface area contributed by atoms with Crippen LogP contribution in [0.5, 0.6) is 0 Å². The lowest BCUT2D eigenvalue weighted by atomic mass is 9.80. The molecule has 17 heavy (non-hydrogen) atoms. The highest BCUT2D eigenvalue weighted by Gasteiger charge is 2.42. The summed E-state index contributed by atoms with van der Waals surface area (Å²) < 4.78 is 5.66. The molecular weight excluding hydrogens is 238 g/mol. The molecule has 0 bridgehead atoms. The second-order valence-corrected chi connectivity index (χ2v) is 4.55. The Hall–Kier alpha value is -1.06. The number of rotatable bonds is 0. The number of esters is 1. The molecule has 0 atom stereocenters. The van der Waals surface area contributed by atoms with Crippen LogP contribution in [0.4, 0.5) is 0 Å². The van der Waals surface area contributed by atoms with Crippen molar-refractivity contribution in [1.82, 2.24) is 5.32 Å². The Morgan fingerprint density at radius 3 is 2.65 bits per heavy atom. The van der Waals surface area contributed by atoms with E-state index in [-0.39, 0.29) is 24.0 Å². The number of hydrogen-bond acceptors (Lipinski definition) is 3. The van der Waals surface area contributed by atoms with E-state index in [1.165, 1.54) is 5.56 Å². The summed E-state index contributed by atoms with van der Waals surface area (Å²) in [6.45, 7) is 1.84. The van der Waals surface area contributed by atoms with Gasteiger partial charge in [-0.2, -0.15) is 0 Å². The molecule has 1 saturated heterocycles. The first-order chi connectivity index (χ1) is 7.80. The van der Waals surface area contributed by atoms with Gasteiger partial charge in [0.05, 0.1) is 6.42 Å². The summed E-state index contributed by atoms with van der Waals surface area (Å²) in [6, 6.07) is 8.17. The van der Waals surface area contributed by atoms with Crippen LogP contribution < -0.4 is 5.32 Å². The van der Waals surface area contributed by atoms with E-state index in [2.05, 4.69) is 11.4 Å². The monoisotopic (exact) mass is 253 g/mol. The molecule has 3 nitrogen and oxygen atoms in total. The minimum Gasteiger partial charge on any atom is -0.454 e. The Bertz CT molecular complexity index is 427. The zero-order chi connectivity index (χ0) is 11.0. The van der Waals surface area contributed by atoms with Crippen LogP contribution in [0.1, 0.15) is 24.0 Å². The van der Waals surface area contributed by atoms with E-state index in [0.717, 1.165) is 31.5 Å². The van der Waals surface area contributed by atoms with Crippen LogP contribution in [0.15, 0.2) is 24.3 Å². The number of carbonyl (C=O) groups is 1. The highest BCUT2D eigenvalue weighted by molar-refractivity contribution is 5.85. The van der Waals surface area contributed by atoms with E-state index in [0.29, 0.717) is 6.42 Å². The molecule has 1 fully saturated rings. The average molecular weight is 254 g/mol. The number of piperidine rings is 1. The molecule has 0 radical (unpaired) electrons. The second kappa shape index (κ2) is 4.67. The number of carbonyl (C=O) groups excluding carboxylic acids is 1. The molecule has 92 valence electrons. The second-order valence-electron chi connectivity index (χ2n) is 4.55. The van der Waals surface area contributed by atoms with Gasteiger partial charge in [0.15, 0.2) is 0 Å². The van der Waals surface area contributed by atoms with Crippen LogP contribution >= 0.6 is 12.4 Å². The van der Waals surface area contributed by atoms with Gasteiger partial charge in [0.2, 0.25) is 0 Å². The molecule has 1 spiro atoms. The summed E-state index contributed by atoms with van der Waals surface area (Å²) in [4.78, 5) is 11.7. The highest BCUT2D eigenvalue weighted by Crippen LogP contribution is 2.40. The molecule has 1 aromatic rings. The van der Waals surface area contributed by atoms with Gasteiger partial charge in [-0.3, -0.25) is 4.79 Å². The number of halogens is 1. The first kappa shape index (κ1) is 12.4. The van der Waals surface area contributed by atoms with Gasteiger partial charge < -0.3 is 10.1 Å². The van der Waals surface area contributed by atoms with Crippen molar-refractivity contribution in [2.75, 3.05) is 13.1 Å². The van der Waals surface area contributed by atoms with E-state index in [1.807, 2.05) is 18.2 Å². The number of benzene rings is 1. The fraction of sp³-hybridized carbons (Fsp3) is 0.462. The minimum atomic E-state index is -0.350. The van der Waals surface area contributed by atoms with Gasteiger partial charge >= 0.3 is 5.97 Å². The first-order valence-corrected chi connectivity index (χ1v) is 5.81. The van der Waals surface area contributed by atoms with Gasteiger partial charge in [-0.1, -0.05) is 24.3 Å². The van der Waals surface area contributed by atoms with E-state index in [9.17, 15) is 4.79 Å². The maximum absolute atomic E-state index is 11.7. The third-order valence-corrected chi connectivity index (χ3v) is 3.56. The molecule has 2 aliphatic rings. The maximum atomic E-state index is 11.7. The molecular formula is C13H16ClNO2. The number of nitrogens with one attached hydrogen (secondary N) is 1. The maximum Gasteiger partial charge on any atom is 0.311 e. The molecule has 2 aliphatic heterocycles. The van der Waals surface area contributed by atoms with E-state index in [4.69, 9.17) is 4.74 Å². The van der Waals surface area contributed by atoms with Crippen LogP contribution in [0.2, 0.25) is 0 Å². The molecule has 0 saturated carbocycles. The zero-order valence-electron chi connectivity index (χ0n) is 9.57. The molecule has 4 heteroatoms. The van der Waals surface area contributed by atoms with Crippen LogP contribution in [0.25, 0.3) is 0 Å². The largest absolute Gasteiger partial charge is 0.454 e. The van der Waals surface area contributed by atoms with E-state index < -0.39 is 0 Å². The van der Waals surface area contributed by atoms with Gasteiger partial charge in [0, 0.05) is 12.8 Å². The predicted octanol–water partition coefficient (Wildman–Crippen LogP) is 1.79. The number of fused-ring (bicyclic) bond motifs is 2. The lowest BCUT2D eigenvalue weighted by Gasteiger charge is -2.41. The van der Waals surface area contributed by atoms with Gasteiger partial charge in [0.25, 0.3) is 0 Å². The van der Waals surface area contributed by atoms with Gasteiger partial charge in [-0.05, 0) is 24.2 Å². The number of hydrogen-bond donors (Lipinski definition) is 1. The minimum absolute atomic E-state index is 0. The summed E-state index contributed by atoms with van der Waals surface area (Å²) in [6.07, 6.45) is 2.19. The van der Waals surface area contributed by atoms with Crippen LogP contribution in [-0.4, -0.2) is 19.1 Å². The van der Waals surface area contributed by atoms with Crippen molar-refractivity contribution in [1.29, 1.82) is 0 Å². The topological polar surface area (TPSA) is 38.3 Å². The first-order valence-electron chi connectivity index (χ1n) is 5.81. The van der Waals surface area contributed by atoms with Crippen LogP contribution in [-0.2, 0) is 21.6 Å². The zero-order valence-corrected chi connectivity index (χ0v) is 10.4. The molecule has 0 unspecified atom stereocenters. The summed E-state index contributed by atoms with van der Waals surface area (Å²) in [5.41, 5.74) is 2.01. The van der Waals surface area contributed by atoms with Gasteiger partial charge in [0.1, 0.15) is 5.60 Å². The molecule has 0 aliphatic carbocycles. The van der Waals surface area contributed by atoms with E-state index >= 15 is 0 Å². The van der Waals surface area contributed by atoms with Crippen LogP contribution in [0, 0.1) is 0 Å². The quantitative estimate of drug-likeness (QED) is 0.717. The van der Waals surface area contributed by atoms with Crippen molar-refractivity contribution in [2.45, 2.75) is 24.9 Å². The van der Waals surface area contributed by atoms with Crippen molar-refractivity contribution in [3.63, 3.8) is 0 Å². The Morgan fingerprint density at radius 2 is 1.88 bits per heavy atom. The Morgan fingerprint density at radius 1 is 1.18 bits per heavy atom. The van der Waals surface area contributed by atoms with Crippen molar-refractivity contribution >= 4 is 18.4 Å². The molecule has 0 amide bonds. The molecule has 1 aromatic carbocycles. The lowest BCUT2D eigenvalue weighted by molar-refractivity contribution is -0.166. The average Bonchev–Trinajstić information content (AvgIpc) is 2.30. The smallest absolute Gasteiger partial charge is 0.311 e. The normalized spacial score (nSPS) is 21.3. The summed E-state index contributed by atoms with van der Waals surface area (Å²) in [7, 11) is 0. The summed E-state index contributed by atoms with van der Waals surface area (Å²) >= 11 is 0.